The number of para-hydroxylation sites is 1. The summed E-state index contributed by atoms with van der Waals surface area (Å²) in [6.07, 6.45) is 1.60. The summed E-state index contributed by atoms with van der Waals surface area (Å²) in [5.41, 5.74) is 5.55. The third kappa shape index (κ3) is 4.79. The van der Waals surface area contributed by atoms with Crippen LogP contribution in [-0.2, 0) is 9.53 Å². The summed E-state index contributed by atoms with van der Waals surface area (Å²) in [7, 11) is 0. The van der Waals surface area contributed by atoms with Crippen LogP contribution in [0.5, 0.6) is 0 Å². The summed E-state index contributed by atoms with van der Waals surface area (Å²) in [5.74, 6) is -0.813. The highest BCUT2D eigenvalue weighted by Crippen LogP contribution is 2.24. The highest BCUT2D eigenvalue weighted by atomic mass is 16.5. The summed E-state index contributed by atoms with van der Waals surface area (Å²) in [5, 5.41) is 12.4. The molecule has 0 bridgehead atoms. The van der Waals surface area contributed by atoms with Gasteiger partial charge >= 0.3 is 5.97 Å². The Morgan fingerprint density at radius 1 is 1.09 bits per heavy atom. The van der Waals surface area contributed by atoms with Gasteiger partial charge in [-0.1, -0.05) is 18.2 Å². The fourth-order valence-electron chi connectivity index (χ4n) is 3.50. The first-order chi connectivity index (χ1) is 15.3. The zero-order chi connectivity index (χ0) is 23.3. The molecule has 1 heterocycles. The first-order valence-electron chi connectivity index (χ1n) is 10.3. The predicted octanol–water partition coefficient (Wildman–Crippen LogP) is 5.12. The van der Waals surface area contributed by atoms with Gasteiger partial charge in [-0.25, -0.2) is 4.79 Å². The number of hydrogen-bond donors (Lipinski definition) is 1. The van der Waals surface area contributed by atoms with Crippen molar-refractivity contribution in [2.24, 2.45) is 0 Å². The number of amides is 1. The lowest BCUT2D eigenvalue weighted by Crippen LogP contribution is -2.14. The quantitative estimate of drug-likeness (QED) is 0.336. The van der Waals surface area contributed by atoms with Crippen LogP contribution in [0, 0.1) is 32.1 Å². The van der Waals surface area contributed by atoms with Gasteiger partial charge in [0.2, 0.25) is 0 Å². The molecule has 0 saturated carbocycles. The van der Waals surface area contributed by atoms with Gasteiger partial charge in [-0.05, 0) is 81.3 Å². The molecule has 0 aliphatic carbocycles. The van der Waals surface area contributed by atoms with Crippen LogP contribution in [0.15, 0.2) is 60.2 Å². The fraction of sp³-hybridized carbons (Fsp3) is 0.192. The highest BCUT2D eigenvalue weighted by molar-refractivity contribution is 6.10. The van der Waals surface area contributed by atoms with Crippen molar-refractivity contribution in [1.82, 2.24) is 4.57 Å². The van der Waals surface area contributed by atoms with E-state index in [1.807, 2.05) is 67.8 Å². The van der Waals surface area contributed by atoms with Gasteiger partial charge in [0.25, 0.3) is 5.91 Å². The van der Waals surface area contributed by atoms with Gasteiger partial charge in [-0.3, -0.25) is 4.79 Å². The molecule has 1 amide bonds. The van der Waals surface area contributed by atoms with Crippen LogP contribution in [-0.4, -0.2) is 23.1 Å². The van der Waals surface area contributed by atoms with E-state index in [1.54, 1.807) is 31.2 Å². The summed E-state index contributed by atoms with van der Waals surface area (Å²) < 4.78 is 7.04. The summed E-state index contributed by atoms with van der Waals surface area (Å²) >= 11 is 0. The van der Waals surface area contributed by atoms with Gasteiger partial charge in [0.05, 0.1) is 12.2 Å². The van der Waals surface area contributed by atoms with Crippen LogP contribution in [0.2, 0.25) is 0 Å². The first kappa shape index (κ1) is 22.6. The smallest absolute Gasteiger partial charge is 0.338 e. The number of rotatable bonds is 6. The number of esters is 1. The van der Waals surface area contributed by atoms with Crippen molar-refractivity contribution in [3.8, 4) is 11.8 Å². The normalized spacial score (nSPS) is 11.0. The van der Waals surface area contributed by atoms with Gasteiger partial charge < -0.3 is 14.6 Å². The molecule has 0 saturated heterocycles. The molecule has 0 unspecified atom stereocenters. The predicted molar refractivity (Wildman–Crippen MR) is 125 cm³/mol. The average Bonchev–Trinajstić information content (AvgIpc) is 3.06. The number of carbonyl (C=O) groups excluding carboxylic acids is 2. The summed E-state index contributed by atoms with van der Waals surface area (Å²) in [6.45, 7) is 7.86. The number of hydrogen-bond acceptors (Lipinski definition) is 4. The van der Waals surface area contributed by atoms with Gasteiger partial charge in [-0.15, -0.1) is 0 Å². The number of nitriles is 1. The first-order valence-corrected chi connectivity index (χ1v) is 10.3. The maximum atomic E-state index is 12.7. The number of nitrogens with one attached hydrogen (secondary N) is 1. The Hall–Kier alpha value is -4.11. The maximum Gasteiger partial charge on any atom is 0.338 e. The fourth-order valence-corrected chi connectivity index (χ4v) is 3.50. The van der Waals surface area contributed by atoms with E-state index in [1.165, 1.54) is 0 Å². The van der Waals surface area contributed by atoms with Crippen LogP contribution in [0.1, 0.15) is 39.8 Å². The Morgan fingerprint density at radius 2 is 1.78 bits per heavy atom. The Bertz CT molecular complexity index is 1230. The second-order valence-corrected chi connectivity index (χ2v) is 7.37. The second kappa shape index (κ2) is 9.80. The van der Waals surface area contributed by atoms with E-state index >= 15 is 0 Å². The van der Waals surface area contributed by atoms with Gasteiger partial charge in [0, 0.05) is 22.8 Å². The molecule has 162 valence electrons. The molecule has 0 spiro atoms. The van der Waals surface area contributed by atoms with E-state index in [0.29, 0.717) is 17.9 Å². The van der Waals surface area contributed by atoms with E-state index in [4.69, 9.17) is 4.74 Å². The van der Waals surface area contributed by atoms with E-state index in [9.17, 15) is 14.9 Å². The molecule has 2 aromatic carbocycles. The van der Waals surface area contributed by atoms with Crippen molar-refractivity contribution in [3.05, 3.63) is 88.2 Å². The number of ether oxygens (including phenoxy) is 1. The van der Waals surface area contributed by atoms with Crippen LogP contribution >= 0.6 is 0 Å². The Labute approximate surface area is 187 Å². The minimum Gasteiger partial charge on any atom is -0.462 e. The minimum absolute atomic E-state index is 0.0196. The molecular weight excluding hydrogens is 402 g/mol. The molecule has 6 heteroatoms. The number of aryl methyl sites for hydroxylation is 2. The number of anilines is 1. The molecule has 0 fully saturated rings. The van der Waals surface area contributed by atoms with E-state index < -0.39 is 5.91 Å². The van der Waals surface area contributed by atoms with Crippen molar-refractivity contribution in [3.63, 3.8) is 0 Å². The van der Waals surface area contributed by atoms with Crippen LogP contribution in [0.4, 0.5) is 5.69 Å². The van der Waals surface area contributed by atoms with E-state index in [0.717, 1.165) is 28.2 Å². The highest BCUT2D eigenvalue weighted by Gasteiger charge is 2.15. The molecule has 6 nitrogen and oxygen atoms in total. The number of benzene rings is 2. The Balaban J connectivity index is 1.90. The molecular formula is C26H25N3O3. The number of carbonyl (C=O) groups is 2. The standard InChI is InChI=1S/C26H25N3O3/c1-5-32-26(31)20-10-12-23(13-11-20)29-18(3)14-21(19(29)4)15-22(16-27)25(30)28-24-9-7-6-8-17(24)2/h6-15H,5H2,1-4H3,(H,28,30)/b22-15-. The monoisotopic (exact) mass is 427 g/mol. The van der Waals surface area contributed by atoms with Crippen LogP contribution in [0.3, 0.4) is 0 Å². The van der Waals surface area contributed by atoms with Crippen LogP contribution in [0.25, 0.3) is 11.8 Å². The lowest BCUT2D eigenvalue weighted by atomic mass is 10.1. The zero-order valence-corrected chi connectivity index (χ0v) is 18.6. The third-order valence-corrected chi connectivity index (χ3v) is 5.17. The number of aromatic nitrogens is 1. The molecule has 0 radical (unpaired) electrons. The van der Waals surface area contributed by atoms with Crippen molar-refractivity contribution >= 4 is 23.6 Å². The topological polar surface area (TPSA) is 84.1 Å². The summed E-state index contributed by atoms with van der Waals surface area (Å²) in [6, 6.07) is 18.5. The van der Waals surface area contributed by atoms with Crippen molar-refractivity contribution < 1.29 is 14.3 Å². The largest absolute Gasteiger partial charge is 0.462 e. The third-order valence-electron chi connectivity index (χ3n) is 5.17. The molecule has 1 N–H and O–H groups in total. The maximum absolute atomic E-state index is 12.7. The molecule has 3 rings (SSSR count). The summed E-state index contributed by atoms with van der Waals surface area (Å²) in [4.78, 5) is 24.6. The average molecular weight is 428 g/mol. The lowest BCUT2D eigenvalue weighted by Gasteiger charge is -2.11. The molecule has 0 atom stereocenters. The van der Waals surface area contributed by atoms with Gasteiger partial charge in [0.15, 0.2) is 0 Å². The number of nitrogens with zero attached hydrogens (tertiary/aromatic N) is 2. The minimum atomic E-state index is -0.453. The van der Waals surface area contributed by atoms with Crippen molar-refractivity contribution in [2.45, 2.75) is 27.7 Å². The van der Waals surface area contributed by atoms with Crippen molar-refractivity contribution in [1.29, 1.82) is 5.26 Å². The van der Waals surface area contributed by atoms with Gasteiger partial charge in [0.1, 0.15) is 11.6 Å². The Kier molecular flexibility index (Phi) is 6.91. The molecule has 1 aromatic heterocycles. The Morgan fingerprint density at radius 3 is 2.41 bits per heavy atom. The second-order valence-electron chi connectivity index (χ2n) is 7.37. The zero-order valence-electron chi connectivity index (χ0n) is 18.6. The molecule has 0 aliphatic rings. The molecule has 32 heavy (non-hydrogen) atoms. The lowest BCUT2D eigenvalue weighted by molar-refractivity contribution is -0.112. The van der Waals surface area contributed by atoms with Gasteiger partial charge in [-0.2, -0.15) is 5.26 Å². The van der Waals surface area contributed by atoms with Crippen molar-refractivity contribution in [2.75, 3.05) is 11.9 Å². The van der Waals surface area contributed by atoms with E-state index in [-0.39, 0.29) is 11.5 Å². The molecule has 0 aliphatic heterocycles. The SMILES string of the molecule is CCOC(=O)c1ccc(-n2c(C)cc(/C=C(/C#N)C(=O)Nc3ccccc3C)c2C)cc1. The van der Waals surface area contributed by atoms with Crippen LogP contribution < -0.4 is 5.32 Å². The van der Waals surface area contributed by atoms with E-state index in [2.05, 4.69) is 5.32 Å². The molecule has 3 aromatic rings.